The minimum Gasteiger partial charge on any atom is -0.482 e. The Kier molecular flexibility index (Phi) is 7.56. The fraction of sp³-hybridized carbons (Fsp3) is 0.462. The number of anilines is 3. The van der Waals surface area contributed by atoms with Gasteiger partial charge in [-0.15, -0.1) is 0 Å². The van der Waals surface area contributed by atoms with Crippen LogP contribution in [0.3, 0.4) is 0 Å². The summed E-state index contributed by atoms with van der Waals surface area (Å²) >= 11 is 0. The monoisotopic (exact) mass is 514 g/mol. The third-order valence-corrected chi connectivity index (χ3v) is 8.89. The lowest BCUT2D eigenvalue weighted by Crippen LogP contribution is -2.44. The number of ether oxygens (including phenoxy) is 1. The van der Waals surface area contributed by atoms with Crippen LogP contribution in [0.5, 0.6) is 5.75 Å². The lowest BCUT2D eigenvalue weighted by Gasteiger charge is -2.32. The summed E-state index contributed by atoms with van der Waals surface area (Å²) in [6.07, 6.45) is 1.21. The molecule has 0 aliphatic carbocycles. The van der Waals surface area contributed by atoms with Gasteiger partial charge in [-0.3, -0.25) is 9.59 Å². The van der Waals surface area contributed by atoms with Gasteiger partial charge in [0.05, 0.1) is 16.5 Å². The number of amides is 2. The van der Waals surface area contributed by atoms with Gasteiger partial charge in [-0.1, -0.05) is 0 Å². The standard InChI is InChI=1S/C26H34N4O5S/c1-5-29(6-2)20-9-10-21(17(3)12-20)28-26(32)19-8-7-11-30(15-19)36(33,34)24-14-23-22(13-18(24)4)27-25(31)16-35-23/h9-10,12-14,19H,5-8,11,15-16H2,1-4H3,(H,27,31)(H,28,32)/t19-/m0/s1. The van der Waals surface area contributed by atoms with E-state index in [0.717, 1.165) is 30.0 Å². The van der Waals surface area contributed by atoms with E-state index in [1.54, 1.807) is 13.0 Å². The number of nitrogens with zero attached hydrogens (tertiary/aromatic N) is 2. The molecule has 2 aliphatic heterocycles. The molecule has 0 bridgehead atoms. The molecule has 9 nitrogen and oxygen atoms in total. The zero-order valence-electron chi connectivity index (χ0n) is 21.3. The summed E-state index contributed by atoms with van der Waals surface area (Å²) in [4.78, 5) is 27.1. The van der Waals surface area contributed by atoms with Crippen LogP contribution in [0.25, 0.3) is 0 Å². The van der Waals surface area contributed by atoms with Gasteiger partial charge in [0.25, 0.3) is 5.91 Å². The Morgan fingerprint density at radius 3 is 2.61 bits per heavy atom. The van der Waals surface area contributed by atoms with Crippen LogP contribution in [-0.2, 0) is 19.6 Å². The van der Waals surface area contributed by atoms with Crippen LogP contribution >= 0.6 is 0 Å². The number of aryl methyl sites for hydroxylation is 2. The molecule has 1 fully saturated rings. The van der Waals surface area contributed by atoms with Gasteiger partial charge in [-0.25, -0.2) is 8.42 Å². The van der Waals surface area contributed by atoms with E-state index in [0.29, 0.717) is 36.4 Å². The van der Waals surface area contributed by atoms with E-state index in [1.165, 1.54) is 10.4 Å². The molecule has 4 rings (SSSR count). The first-order valence-corrected chi connectivity index (χ1v) is 13.8. The van der Waals surface area contributed by atoms with Crippen molar-refractivity contribution in [2.75, 3.05) is 48.3 Å². The second kappa shape index (κ2) is 10.5. The first kappa shape index (κ1) is 26.0. The van der Waals surface area contributed by atoms with Crippen molar-refractivity contribution in [3.63, 3.8) is 0 Å². The summed E-state index contributed by atoms with van der Waals surface area (Å²) in [5, 5.41) is 5.71. The van der Waals surface area contributed by atoms with Gasteiger partial charge in [0, 0.05) is 43.6 Å². The molecule has 1 atom stereocenters. The summed E-state index contributed by atoms with van der Waals surface area (Å²) in [6, 6.07) is 9.04. The number of hydrogen-bond donors (Lipinski definition) is 2. The number of piperidine rings is 1. The van der Waals surface area contributed by atoms with E-state index in [-0.39, 0.29) is 29.9 Å². The second-order valence-corrected chi connectivity index (χ2v) is 11.2. The van der Waals surface area contributed by atoms with Crippen molar-refractivity contribution in [2.45, 2.75) is 45.4 Å². The number of fused-ring (bicyclic) bond motifs is 1. The van der Waals surface area contributed by atoms with Gasteiger partial charge < -0.3 is 20.3 Å². The van der Waals surface area contributed by atoms with Crippen molar-refractivity contribution in [1.82, 2.24) is 4.31 Å². The molecule has 2 aliphatic rings. The Labute approximate surface area is 212 Å². The molecule has 2 aromatic rings. The Hall–Kier alpha value is -3.11. The number of hydrogen-bond acceptors (Lipinski definition) is 6. The minimum atomic E-state index is -3.85. The van der Waals surface area contributed by atoms with Crippen molar-refractivity contribution < 1.29 is 22.7 Å². The van der Waals surface area contributed by atoms with Crippen LogP contribution < -0.4 is 20.3 Å². The normalized spacial score (nSPS) is 18.1. The Balaban J connectivity index is 1.49. The maximum atomic E-state index is 13.5. The molecular weight excluding hydrogens is 480 g/mol. The number of benzene rings is 2. The molecule has 0 radical (unpaired) electrons. The zero-order chi connectivity index (χ0) is 26.0. The molecule has 1 saturated heterocycles. The Morgan fingerprint density at radius 1 is 1.17 bits per heavy atom. The van der Waals surface area contributed by atoms with E-state index in [2.05, 4.69) is 35.4 Å². The average molecular weight is 515 g/mol. The van der Waals surface area contributed by atoms with E-state index in [4.69, 9.17) is 4.74 Å². The smallest absolute Gasteiger partial charge is 0.262 e. The molecule has 2 N–H and O–H groups in total. The number of carbonyl (C=O) groups is 2. The molecule has 194 valence electrons. The highest BCUT2D eigenvalue weighted by atomic mass is 32.2. The maximum absolute atomic E-state index is 13.5. The molecule has 2 aromatic carbocycles. The van der Waals surface area contributed by atoms with Crippen molar-refractivity contribution in [2.24, 2.45) is 5.92 Å². The molecule has 0 saturated carbocycles. The summed E-state index contributed by atoms with van der Waals surface area (Å²) in [7, 11) is -3.85. The number of rotatable bonds is 7. The largest absolute Gasteiger partial charge is 0.482 e. The highest BCUT2D eigenvalue weighted by molar-refractivity contribution is 7.89. The van der Waals surface area contributed by atoms with Crippen LogP contribution in [0.1, 0.15) is 37.8 Å². The van der Waals surface area contributed by atoms with Gasteiger partial charge in [0.1, 0.15) is 5.75 Å². The van der Waals surface area contributed by atoms with Crippen LogP contribution in [0.4, 0.5) is 17.1 Å². The fourth-order valence-electron chi connectivity index (χ4n) is 4.82. The highest BCUT2D eigenvalue weighted by Crippen LogP contribution is 2.35. The van der Waals surface area contributed by atoms with Gasteiger partial charge in [0.15, 0.2) is 6.61 Å². The molecule has 36 heavy (non-hydrogen) atoms. The van der Waals surface area contributed by atoms with Gasteiger partial charge in [-0.2, -0.15) is 4.31 Å². The zero-order valence-corrected chi connectivity index (χ0v) is 22.1. The van der Waals surface area contributed by atoms with E-state index < -0.39 is 15.9 Å². The van der Waals surface area contributed by atoms with E-state index in [1.807, 2.05) is 19.1 Å². The summed E-state index contributed by atoms with van der Waals surface area (Å²) < 4.78 is 33.9. The Morgan fingerprint density at radius 2 is 1.92 bits per heavy atom. The van der Waals surface area contributed by atoms with Crippen LogP contribution in [0.15, 0.2) is 35.2 Å². The van der Waals surface area contributed by atoms with Crippen LogP contribution in [0, 0.1) is 19.8 Å². The topological polar surface area (TPSA) is 108 Å². The molecule has 0 spiro atoms. The lowest BCUT2D eigenvalue weighted by molar-refractivity contribution is -0.121. The molecule has 2 amide bonds. The van der Waals surface area contributed by atoms with E-state index >= 15 is 0 Å². The van der Waals surface area contributed by atoms with Gasteiger partial charge in [-0.05, 0) is 75.9 Å². The minimum absolute atomic E-state index is 0.110. The molecule has 0 aromatic heterocycles. The molecule has 10 heteroatoms. The maximum Gasteiger partial charge on any atom is 0.262 e. The van der Waals surface area contributed by atoms with Crippen molar-refractivity contribution in [3.05, 3.63) is 41.5 Å². The van der Waals surface area contributed by atoms with E-state index in [9.17, 15) is 18.0 Å². The number of nitrogens with one attached hydrogen (secondary N) is 2. The third kappa shape index (κ3) is 5.19. The van der Waals surface area contributed by atoms with Crippen molar-refractivity contribution in [3.8, 4) is 5.75 Å². The lowest BCUT2D eigenvalue weighted by atomic mass is 9.98. The summed E-state index contributed by atoms with van der Waals surface area (Å²) in [6.45, 7) is 9.96. The van der Waals surface area contributed by atoms with Crippen molar-refractivity contribution in [1.29, 1.82) is 0 Å². The molecular formula is C26H34N4O5S. The third-order valence-electron chi connectivity index (χ3n) is 6.88. The fourth-order valence-corrected chi connectivity index (χ4v) is 6.56. The number of carbonyl (C=O) groups excluding carboxylic acids is 2. The molecule has 0 unspecified atom stereocenters. The predicted octanol–water partition coefficient (Wildman–Crippen LogP) is 3.52. The van der Waals surface area contributed by atoms with Crippen molar-refractivity contribution >= 4 is 38.9 Å². The second-order valence-electron chi connectivity index (χ2n) is 9.31. The first-order valence-electron chi connectivity index (χ1n) is 12.4. The quantitative estimate of drug-likeness (QED) is 0.585. The number of sulfonamides is 1. The summed E-state index contributed by atoms with van der Waals surface area (Å²) in [5.74, 6) is -0.584. The van der Waals surface area contributed by atoms with Crippen LogP contribution in [-0.4, -0.2) is 57.3 Å². The van der Waals surface area contributed by atoms with Gasteiger partial charge in [0.2, 0.25) is 15.9 Å². The highest BCUT2D eigenvalue weighted by Gasteiger charge is 2.35. The molecule has 2 heterocycles. The van der Waals surface area contributed by atoms with Crippen LogP contribution in [0.2, 0.25) is 0 Å². The first-order chi connectivity index (χ1) is 17.1. The SMILES string of the molecule is CCN(CC)c1ccc(NC(=O)[C@H]2CCCN(S(=O)(=O)c3cc4c(cc3C)NC(=O)CO4)C2)c(C)c1. The van der Waals surface area contributed by atoms with Gasteiger partial charge >= 0.3 is 0 Å². The summed E-state index contributed by atoms with van der Waals surface area (Å²) in [5.41, 5.74) is 3.77. The Bertz CT molecular complexity index is 1270. The predicted molar refractivity (Wildman–Crippen MR) is 140 cm³/mol. The average Bonchev–Trinajstić information content (AvgIpc) is 2.85.